The summed E-state index contributed by atoms with van der Waals surface area (Å²) in [4.78, 5) is 0. The van der Waals surface area contributed by atoms with Gasteiger partial charge in [-0.3, -0.25) is 0 Å². The Morgan fingerprint density at radius 2 is 1.94 bits per heavy atom. The minimum atomic E-state index is -3.20. The standard InChI is InChI=1S/C12H25NO3S/c1-12(2,3)7-8-17(15,16)13-11-6-4-5-10(11)9-14/h10-11,13-14H,4-9H2,1-3H3. The van der Waals surface area contributed by atoms with Crippen molar-refractivity contribution in [1.82, 2.24) is 4.72 Å². The number of sulfonamides is 1. The van der Waals surface area contributed by atoms with Gasteiger partial charge in [0, 0.05) is 12.6 Å². The molecule has 0 bridgehead atoms. The molecule has 0 aromatic carbocycles. The zero-order chi connectivity index (χ0) is 13.1. The first-order chi connectivity index (χ1) is 7.73. The number of aliphatic hydroxyl groups excluding tert-OH is 1. The number of hydrogen-bond donors (Lipinski definition) is 2. The molecular weight excluding hydrogens is 238 g/mol. The third kappa shape index (κ3) is 5.36. The second kappa shape index (κ2) is 5.67. The Hall–Kier alpha value is -0.130. The molecule has 2 unspecified atom stereocenters. The normalized spacial score (nSPS) is 26.4. The van der Waals surface area contributed by atoms with E-state index in [4.69, 9.17) is 5.11 Å². The molecule has 102 valence electrons. The van der Waals surface area contributed by atoms with Gasteiger partial charge >= 0.3 is 0 Å². The van der Waals surface area contributed by atoms with E-state index in [-0.39, 0.29) is 29.7 Å². The van der Waals surface area contributed by atoms with Crippen LogP contribution in [0.3, 0.4) is 0 Å². The van der Waals surface area contributed by atoms with E-state index in [1.807, 2.05) is 20.8 Å². The van der Waals surface area contributed by atoms with Gasteiger partial charge in [0.1, 0.15) is 0 Å². The summed E-state index contributed by atoms with van der Waals surface area (Å²) in [5.41, 5.74) is 0.0286. The highest BCUT2D eigenvalue weighted by Crippen LogP contribution is 2.26. The molecule has 0 radical (unpaired) electrons. The topological polar surface area (TPSA) is 66.4 Å². The quantitative estimate of drug-likeness (QED) is 0.790. The lowest BCUT2D eigenvalue weighted by Crippen LogP contribution is -2.40. The largest absolute Gasteiger partial charge is 0.396 e. The molecule has 17 heavy (non-hydrogen) atoms. The second-order valence-corrected chi connectivity index (χ2v) is 8.10. The van der Waals surface area contributed by atoms with Crippen LogP contribution >= 0.6 is 0 Å². The van der Waals surface area contributed by atoms with Crippen LogP contribution in [0.25, 0.3) is 0 Å². The highest BCUT2D eigenvalue weighted by molar-refractivity contribution is 7.89. The summed E-state index contributed by atoms with van der Waals surface area (Å²) in [6, 6.07) is -0.0648. The molecule has 0 aliphatic heterocycles. The molecule has 0 aromatic heterocycles. The monoisotopic (exact) mass is 263 g/mol. The first-order valence-corrected chi connectivity index (χ1v) is 7.99. The first-order valence-electron chi connectivity index (χ1n) is 6.34. The third-order valence-electron chi connectivity index (χ3n) is 3.35. The maximum Gasteiger partial charge on any atom is 0.211 e. The van der Waals surface area contributed by atoms with Gasteiger partial charge in [-0.15, -0.1) is 0 Å². The van der Waals surface area contributed by atoms with E-state index in [0.717, 1.165) is 19.3 Å². The van der Waals surface area contributed by atoms with E-state index >= 15 is 0 Å². The molecule has 0 amide bonds. The fourth-order valence-corrected chi connectivity index (χ4v) is 3.91. The molecule has 1 fully saturated rings. The molecule has 1 rings (SSSR count). The van der Waals surface area contributed by atoms with Crippen LogP contribution < -0.4 is 4.72 Å². The molecule has 5 heteroatoms. The van der Waals surface area contributed by atoms with Gasteiger partial charge in [0.2, 0.25) is 10.0 Å². The Morgan fingerprint density at radius 3 is 2.47 bits per heavy atom. The minimum absolute atomic E-state index is 0.0286. The maximum atomic E-state index is 11.9. The summed E-state index contributed by atoms with van der Waals surface area (Å²) in [6.45, 7) is 6.18. The lowest BCUT2D eigenvalue weighted by molar-refractivity contribution is 0.213. The second-order valence-electron chi connectivity index (χ2n) is 6.23. The Kier molecular flexibility index (Phi) is 4.98. The third-order valence-corrected chi connectivity index (χ3v) is 4.75. The van der Waals surface area contributed by atoms with Gasteiger partial charge < -0.3 is 5.11 Å². The number of rotatable bonds is 5. The predicted octanol–water partition coefficient (Wildman–Crippen LogP) is 1.50. The molecule has 2 atom stereocenters. The van der Waals surface area contributed by atoms with Gasteiger partial charge in [0.15, 0.2) is 0 Å². The van der Waals surface area contributed by atoms with Crippen LogP contribution in [0.15, 0.2) is 0 Å². The fraction of sp³-hybridized carbons (Fsp3) is 1.00. The van der Waals surface area contributed by atoms with E-state index in [9.17, 15) is 8.42 Å². The van der Waals surface area contributed by atoms with Crippen molar-refractivity contribution in [3.05, 3.63) is 0 Å². The summed E-state index contributed by atoms with van der Waals surface area (Å²) in [7, 11) is -3.20. The predicted molar refractivity (Wildman–Crippen MR) is 69.2 cm³/mol. The summed E-state index contributed by atoms with van der Waals surface area (Å²) < 4.78 is 26.5. The molecule has 4 nitrogen and oxygen atoms in total. The fourth-order valence-electron chi connectivity index (χ4n) is 2.14. The lowest BCUT2D eigenvalue weighted by atomic mass is 9.94. The number of nitrogens with one attached hydrogen (secondary N) is 1. The van der Waals surface area contributed by atoms with Crippen LogP contribution in [-0.2, 0) is 10.0 Å². The Morgan fingerprint density at radius 1 is 1.29 bits per heavy atom. The minimum Gasteiger partial charge on any atom is -0.396 e. The molecular formula is C12H25NO3S. The van der Waals surface area contributed by atoms with E-state index in [1.54, 1.807) is 0 Å². The Bertz CT molecular complexity index is 332. The first kappa shape index (κ1) is 14.9. The molecule has 2 N–H and O–H groups in total. The molecule has 1 aliphatic rings. The van der Waals surface area contributed by atoms with Crippen molar-refractivity contribution in [2.45, 2.75) is 52.5 Å². The Balaban J connectivity index is 2.49. The molecule has 0 aromatic rings. The number of aliphatic hydroxyl groups is 1. The van der Waals surface area contributed by atoms with Crippen molar-refractivity contribution >= 4 is 10.0 Å². The van der Waals surface area contributed by atoms with E-state index in [2.05, 4.69) is 4.72 Å². The van der Waals surface area contributed by atoms with Crippen molar-refractivity contribution < 1.29 is 13.5 Å². The average molecular weight is 263 g/mol. The van der Waals surface area contributed by atoms with Crippen LogP contribution in [0.4, 0.5) is 0 Å². The van der Waals surface area contributed by atoms with Gasteiger partial charge in [0.25, 0.3) is 0 Å². The van der Waals surface area contributed by atoms with Gasteiger partial charge in [-0.05, 0) is 30.6 Å². The van der Waals surface area contributed by atoms with E-state index in [0.29, 0.717) is 6.42 Å². The van der Waals surface area contributed by atoms with Gasteiger partial charge in [-0.1, -0.05) is 27.2 Å². The van der Waals surface area contributed by atoms with Crippen LogP contribution in [-0.4, -0.2) is 31.9 Å². The van der Waals surface area contributed by atoms with Crippen molar-refractivity contribution in [1.29, 1.82) is 0 Å². The Labute approximate surface area is 105 Å². The summed E-state index contributed by atoms with van der Waals surface area (Å²) in [6.07, 6.45) is 3.42. The van der Waals surface area contributed by atoms with Crippen LogP contribution in [0.2, 0.25) is 0 Å². The molecule has 0 saturated heterocycles. The zero-order valence-corrected chi connectivity index (χ0v) is 11.9. The highest BCUT2D eigenvalue weighted by Gasteiger charge is 2.30. The summed E-state index contributed by atoms with van der Waals surface area (Å²) >= 11 is 0. The SMILES string of the molecule is CC(C)(C)CCS(=O)(=O)NC1CCCC1CO. The van der Waals surface area contributed by atoms with Crippen LogP contribution in [0, 0.1) is 11.3 Å². The van der Waals surface area contributed by atoms with Crippen LogP contribution in [0.5, 0.6) is 0 Å². The summed E-state index contributed by atoms with van der Waals surface area (Å²) in [5.74, 6) is 0.268. The average Bonchev–Trinajstić information content (AvgIpc) is 2.61. The lowest BCUT2D eigenvalue weighted by Gasteiger charge is -2.21. The molecule has 0 heterocycles. The van der Waals surface area contributed by atoms with Crippen LogP contribution in [0.1, 0.15) is 46.5 Å². The van der Waals surface area contributed by atoms with Crippen molar-refractivity contribution in [3.63, 3.8) is 0 Å². The van der Waals surface area contributed by atoms with E-state index < -0.39 is 10.0 Å². The smallest absolute Gasteiger partial charge is 0.211 e. The van der Waals surface area contributed by atoms with Gasteiger partial charge in [-0.2, -0.15) is 0 Å². The molecule has 1 aliphatic carbocycles. The molecule has 0 spiro atoms. The van der Waals surface area contributed by atoms with E-state index in [1.165, 1.54) is 0 Å². The maximum absolute atomic E-state index is 11.9. The van der Waals surface area contributed by atoms with Crippen molar-refractivity contribution in [2.24, 2.45) is 11.3 Å². The van der Waals surface area contributed by atoms with Crippen molar-refractivity contribution in [2.75, 3.05) is 12.4 Å². The van der Waals surface area contributed by atoms with Gasteiger partial charge in [-0.25, -0.2) is 13.1 Å². The summed E-state index contributed by atoms with van der Waals surface area (Å²) in [5, 5.41) is 9.16. The zero-order valence-electron chi connectivity index (χ0n) is 11.1. The van der Waals surface area contributed by atoms with Gasteiger partial charge in [0.05, 0.1) is 5.75 Å². The highest BCUT2D eigenvalue weighted by atomic mass is 32.2. The molecule has 1 saturated carbocycles. The van der Waals surface area contributed by atoms with Crippen molar-refractivity contribution in [3.8, 4) is 0 Å². The number of hydrogen-bond acceptors (Lipinski definition) is 3.